The number of aromatic nitrogens is 2. The van der Waals surface area contributed by atoms with Crippen molar-refractivity contribution in [1.29, 1.82) is 0 Å². The van der Waals surface area contributed by atoms with E-state index in [1.54, 1.807) is 0 Å². The van der Waals surface area contributed by atoms with Gasteiger partial charge in [0.2, 0.25) is 0 Å². The Kier molecular flexibility index (Phi) is 3.88. The van der Waals surface area contributed by atoms with Crippen LogP contribution in [-0.4, -0.2) is 22.1 Å². The van der Waals surface area contributed by atoms with E-state index < -0.39 is 5.91 Å². The lowest BCUT2D eigenvalue weighted by molar-refractivity contribution is 0.0994. The Morgan fingerprint density at radius 2 is 2.36 bits per heavy atom. The van der Waals surface area contributed by atoms with E-state index in [-0.39, 0.29) is 5.69 Å². The van der Waals surface area contributed by atoms with Crippen LogP contribution in [0, 0.1) is 0 Å². The van der Waals surface area contributed by atoms with Crippen LogP contribution >= 0.6 is 11.8 Å². The summed E-state index contributed by atoms with van der Waals surface area (Å²) in [6.07, 6.45) is 5.24. The molecule has 0 spiro atoms. The fourth-order valence-corrected chi connectivity index (χ4v) is 1.67. The van der Waals surface area contributed by atoms with Crippen LogP contribution in [0.5, 0.6) is 0 Å². The van der Waals surface area contributed by atoms with Crippen LogP contribution in [0.1, 0.15) is 29.5 Å². The normalized spacial score (nSPS) is 10.1. The van der Waals surface area contributed by atoms with Gasteiger partial charge in [-0.2, -0.15) is 0 Å². The Balaban J connectivity index is 3.04. The van der Waals surface area contributed by atoms with Crippen molar-refractivity contribution < 1.29 is 4.79 Å². The first kappa shape index (κ1) is 11.0. The van der Waals surface area contributed by atoms with Crippen LogP contribution in [0.4, 0.5) is 0 Å². The smallest absolute Gasteiger partial charge is 0.268 e. The molecule has 0 aromatic carbocycles. The van der Waals surface area contributed by atoms with Gasteiger partial charge in [0.15, 0.2) is 0 Å². The second kappa shape index (κ2) is 4.95. The van der Waals surface area contributed by atoms with E-state index in [9.17, 15) is 4.79 Å². The number of hydrogen-bond donors (Lipinski definition) is 1. The zero-order valence-corrected chi connectivity index (χ0v) is 9.10. The van der Waals surface area contributed by atoms with Gasteiger partial charge in [-0.15, -0.1) is 11.8 Å². The number of carbonyl (C=O) groups is 1. The minimum Gasteiger partial charge on any atom is -0.364 e. The van der Waals surface area contributed by atoms with Crippen LogP contribution in [0.25, 0.3) is 0 Å². The highest BCUT2D eigenvalue weighted by molar-refractivity contribution is 7.98. The Morgan fingerprint density at radius 1 is 1.64 bits per heavy atom. The number of thioether (sulfide) groups is 1. The first-order valence-electron chi connectivity index (χ1n) is 4.38. The third-order valence-corrected chi connectivity index (χ3v) is 2.46. The zero-order valence-electron chi connectivity index (χ0n) is 8.28. The average Bonchev–Trinajstić information content (AvgIpc) is 2.18. The number of aryl methyl sites for hydroxylation is 1. The summed E-state index contributed by atoms with van der Waals surface area (Å²) < 4.78 is 0. The number of carbonyl (C=O) groups excluding carboxylic acids is 1. The van der Waals surface area contributed by atoms with E-state index in [0.29, 0.717) is 0 Å². The summed E-state index contributed by atoms with van der Waals surface area (Å²) in [5.74, 6) is -0.532. The molecule has 0 atom stereocenters. The molecule has 0 aliphatic rings. The number of amides is 1. The van der Waals surface area contributed by atoms with Gasteiger partial charge in [0.25, 0.3) is 5.91 Å². The van der Waals surface area contributed by atoms with E-state index in [1.807, 2.05) is 6.26 Å². The molecule has 1 rings (SSSR count). The lowest BCUT2D eigenvalue weighted by Crippen LogP contribution is -2.14. The van der Waals surface area contributed by atoms with Crippen molar-refractivity contribution in [3.63, 3.8) is 0 Å². The highest BCUT2D eigenvalue weighted by Crippen LogP contribution is 2.17. The van der Waals surface area contributed by atoms with Gasteiger partial charge in [-0.1, -0.05) is 13.3 Å². The van der Waals surface area contributed by atoms with Crippen LogP contribution < -0.4 is 5.73 Å². The monoisotopic (exact) mass is 211 g/mol. The summed E-state index contributed by atoms with van der Waals surface area (Å²) >= 11 is 1.49. The number of nitrogens with zero attached hydrogens (tertiary/aromatic N) is 2. The standard InChI is InChI=1S/C9H13N3OS/c1-3-4-6-9(14-2)12-7(5-11-6)8(10)13/h5H,3-4H2,1-2H3,(H2,10,13). The van der Waals surface area contributed by atoms with Crippen LogP contribution in [0.2, 0.25) is 0 Å². The molecule has 0 saturated heterocycles. The minimum absolute atomic E-state index is 0.231. The molecule has 1 heterocycles. The van der Waals surface area contributed by atoms with E-state index in [4.69, 9.17) is 5.73 Å². The SMILES string of the molecule is CCCc1ncc(C(N)=O)nc1SC. The van der Waals surface area contributed by atoms with Crippen molar-refractivity contribution in [1.82, 2.24) is 9.97 Å². The zero-order chi connectivity index (χ0) is 10.6. The average molecular weight is 211 g/mol. The maximum Gasteiger partial charge on any atom is 0.268 e. The Morgan fingerprint density at radius 3 is 2.86 bits per heavy atom. The van der Waals surface area contributed by atoms with E-state index in [2.05, 4.69) is 16.9 Å². The quantitative estimate of drug-likeness (QED) is 0.761. The first-order chi connectivity index (χ1) is 6.69. The van der Waals surface area contributed by atoms with Crippen molar-refractivity contribution in [3.8, 4) is 0 Å². The molecular formula is C9H13N3OS. The molecule has 0 unspecified atom stereocenters. The molecule has 0 bridgehead atoms. The summed E-state index contributed by atoms with van der Waals surface area (Å²) in [5.41, 5.74) is 6.28. The molecule has 0 saturated carbocycles. The van der Waals surface area contributed by atoms with Crippen LogP contribution in [-0.2, 0) is 6.42 Å². The minimum atomic E-state index is -0.532. The molecule has 0 radical (unpaired) electrons. The number of rotatable bonds is 4. The second-order valence-electron chi connectivity index (χ2n) is 2.83. The van der Waals surface area contributed by atoms with Crippen LogP contribution in [0.3, 0.4) is 0 Å². The molecule has 1 aromatic rings. The van der Waals surface area contributed by atoms with Crippen molar-refractivity contribution >= 4 is 17.7 Å². The van der Waals surface area contributed by atoms with Crippen LogP contribution in [0.15, 0.2) is 11.2 Å². The highest BCUT2D eigenvalue weighted by atomic mass is 32.2. The summed E-state index contributed by atoms with van der Waals surface area (Å²) in [5, 5.41) is 0.795. The Hall–Kier alpha value is -1.10. The molecule has 0 fully saturated rings. The molecule has 5 heteroatoms. The van der Waals surface area contributed by atoms with Gasteiger partial charge in [-0.3, -0.25) is 9.78 Å². The summed E-state index contributed by atoms with van der Waals surface area (Å²) in [6, 6.07) is 0. The fourth-order valence-electron chi connectivity index (χ4n) is 1.09. The van der Waals surface area contributed by atoms with Gasteiger partial charge in [-0.25, -0.2) is 4.98 Å². The van der Waals surface area contributed by atoms with E-state index in [0.717, 1.165) is 23.6 Å². The van der Waals surface area contributed by atoms with Crippen molar-refractivity contribution in [2.24, 2.45) is 5.73 Å². The maximum atomic E-state index is 10.8. The van der Waals surface area contributed by atoms with Gasteiger partial charge in [-0.05, 0) is 12.7 Å². The predicted octanol–water partition coefficient (Wildman–Crippen LogP) is 1.25. The molecule has 4 nitrogen and oxygen atoms in total. The molecule has 1 amide bonds. The maximum absolute atomic E-state index is 10.8. The summed E-state index contributed by atoms with van der Waals surface area (Å²) in [6.45, 7) is 2.08. The number of nitrogens with two attached hydrogens (primary N) is 1. The second-order valence-corrected chi connectivity index (χ2v) is 3.62. The van der Waals surface area contributed by atoms with Gasteiger partial charge < -0.3 is 5.73 Å². The van der Waals surface area contributed by atoms with Gasteiger partial charge in [0.1, 0.15) is 10.7 Å². The van der Waals surface area contributed by atoms with E-state index >= 15 is 0 Å². The fraction of sp³-hybridized carbons (Fsp3) is 0.444. The van der Waals surface area contributed by atoms with Gasteiger partial charge >= 0.3 is 0 Å². The molecule has 76 valence electrons. The molecular weight excluding hydrogens is 198 g/mol. The number of primary amides is 1. The third kappa shape index (κ3) is 2.45. The van der Waals surface area contributed by atoms with Crippen molar-refractivity contribution in [3.05, 3.63) is 17.6 Å². The molecule has 14 heavy (non-hydrogen) atoms. The summed E-state index contributed by atoms with van der Waals surface area (Å²) in [7, 11) is 0. The lowest BCUT2D eigenvalue weighted by Gasteiger charge is -2.04. The first-order valence-corrected chi connectivity index (χ1v) is 5.61. The van der Waals surface area contributed by atoms with Gasteiger partial charge in [0, 0.05) is 0 Å². The molecule has 1 aromatic heterocycles. The molecule has 0 aliphatic heterocycles. The summed E-state index contributed by atoms with van der Waals surface area (Å²) in [4.78, 5) is 19.2. The molecule has 0 aliphatic carbocycles. The largest absolute Gasteiger partial charge is 0.364 e. The Bertz CT molecular complexity index is 341. The van der Waals surface area contributed by atoms with Gasteiger partial charge in [0.05, 0.1) is 11.9 Å². The number of hydrogen-bond acceptors (Lipinski definition) is 4. The topological polar surface area (TPSA) is 68.9 Å². The third-order valence-electron chi connectivity index (χ3n) is 1.74. The molecule has 2 N–H and O–H groups in total. The lowest BCUT2D eigenvalue weighted by atomic mass is 10.2. The van der Waals surface area contributed by atoms with Crippen molar-refractivity contribution in [2.75, 3.05) is 6.26 Å². The van der Waals surface area contributed by atoms with E-state index in [1.165, 1.54) is 18.0 Å². The predicted molar refractivity (Wildman–Crippen MR) is 56.3 cm³/mol. The highest BCUT2D eigenvalue weighted by Gasteiger charge is 2.08. The van der Waals surface area contributed by atoms with Crippen molar-refractivity contribution in [2.45, 2.75) is 24.8 Å². The Labute approximate surface area is 87.3 Å².